The fraction of sp³-hybridized carbons (Fsp3) is 0.353. The first-order chi connectivity index (χ1) is 10.9. The molecule has 1 aliphatic heterocycles. The highest BCUT2D eigenvalue weighted by Crippen LogP contribution is 2.28. The summed E-state index contributed by atoms with van der Waals surface area (Å²) >= 11 is 0. The zero-order chi connectivity index (χ0) is 16.4. The molecular weight excluding hydrogens is 315 g/mol. The Balaban J connectivity index is 1.78. The lowest BCUT2D eigenvalue weighted by atomic mass is 9.95. The first-order valence-electron chi connectivity index (χ1n) is 7.60. The van der Waals surface area contributed by atoms with E-state index in [2.05, 4.69) is 4.98 Å². The molecule has 1 atom stereocenters. The van der Waals surface area contributed by atoms with Crippen molar-refractivity contribution in [2.24, 2.45) is 0 Å². The molecule has 2 heterocycles. The Hall–Kier alpha value is -1.79. The van der Waals surface area contributed by atoms with Crippen molar-refractivity contribution in [1.29, 1.82) is 0 Å². The molecule has 4 nitrogen and oxygen atoms in total. The molecule has 1 fully saturated rings. The standard InChI is InChI=1S/C17H19FN2O2S/c1-23(21,22)20-10-2-3-15(12-20)17-9-6-14(11-19-17)13-4-7-16(18)8-5-13/h4-9,11,15H,2-3,10,12H2,1H3. The molecule has 1 aliphatic rings. The number of pyridine rings is 1. The topological polar surface area (TPSA) is 50.3 Å². The number of rotatable bonds is 3. The van der Waals surface area contributed by atoms with Crippen LogP contribution in [-0.2, 0) is 10.0 Å². The van der Waals surface area contributed by atoms with Gasteiger partial charge in [-0.05, 0) is 36.6 Å². The van der Waals surface area contributed by atoms with Crippen molar-refractivity contribution in [3.8, 4) is 11.1 Å². The van der Waals surface area contributed by atoms with Crippen LogP contribution in [0.4, 0.5) is 4.39 Å². The number of hydrogen-bond acceptors (Lipinski definition) is 3. The van der Waals surface area contributed by atoms with Crippen molar-refractivity contribution < 1.29 is 12.8 Å². The first-order valence-corrected chi connectivity index (χ1v) is 9.45. The smallest absolute Gasteiger partial charge is 0.211 e. The van der Waals surface area contributed by atoms with Gasteiger partial charge in [0.15, 0.2) is 0 Å². The van der Waals surface area contributed by atoms with Gasteiger partial charge in [-0.1, -0.05) is 18.2 Å². The number of sulfonamides is 1. The molecule has 0 N–H and O–H groups in total. The third kappa shape index (κ3) is 3.76. The first kappa shape index (κ1) is 16.1. The molecule has 1 aromatic heterocycles. The van der Waals surface area contributed by atoms with Crippen molar-refractivity contribution in [2.75, 3.05) is 19.3 Å². The average molecular weight is 334 g/mol. The molecule has 1 unspecified atom stereocenters. The molecule has 1 aromatic carbocycles. The van der Waals surface area contributed by atoms with Gasteiger partial charge >= 0.3 is 0 Å². The largest absolute Gasteiger partial charge is 0.260 e. The van der Waals surface area contributed by atoms with E-state index < -0.39 is 10.0 Å². The Labute approximate surface area is 136 Å². The van der Waals surface area contributed by atoms with E-state index in [4.69, 9.17) is 0 Å². The molecule has 122 valence electrons. The minimum Gasteiger partial charge on any atom is -0.260 e. The van der Waals surface area contributed by atoms with Crippen molar-refractivity contribution >= 4 is 10.0 Å². The highest BCUT2D eigenvalue weighted by molar-refractivity contribution is 7.88. The van der Waals surface area contributed by atoms with Gasteiger partial charge in [-0.3, -0.25) is 4.98 Å². The van der Waals surface area contributed by atoms with Crippen LogP contribution in [0.3, 0.4) is 0 Å². The molecule has 0 bridgehead atoms. The van der Waals surface area contributed by atoms with Gasteiger partial charge in [0.2, 0.25) is 10.0 Å². The molecule has 0 spiro atoms. The summed E-state index contributed by atoms with van der Waals surface area (Å²) in [6, 6.07) is 10.2. The molecule has 0 saturated carbocycles. The fourth-order valence-electron chi connectivity index (χ4n) is 2.94. The predicted octanol–water partition coefficient (Wildman–Crippen LogP) is 3.03. The zero-order valence-corrected chi connectivity index (χ0v) is 13.8. The maximum Gasteiger partial charge on any atom is 0.211 e. The SMILES string of the molecule is CS(=O)(=O)N1CCCC(c2ccc(-c3ccc(F)cc3)cn2)C1. The number of benzene rings is 1. The number of piperidine rings is 1. The number of halogens is 1. The van der Waals surface area contributed by atoms with Crippen LogP contribution in [0.2, 0.25) is 0 Å². The Kier molecular flexibility index (Phi) is 4.46. The van der Waals surface area contributed by atoms with Crippen LogP contribution in [-0.4, -0.2) is 37.1 Å². The van der Waals surface area contributed by atoms with Gasteiger partial charge in [0.25, 0.3) is 0 Å². The van der Waals surface area contributed by atoms with E-state index in [9.17, 15) is 12.8 Å². The lowest BCUT2D eigenvalue weighted by Gasteiger charge is -2.30. The molecule has 1 saturated heterocycles. The van der Waals surface area contributed by atoms with Gasteiger partial charge in [-0.25, -0.2) is 17.1 Å². The second-order valence-electron chi connectivity index (χ2n) is 5.94. The average Bonchev–Trinajstić information content (AvgIpc) is 2.55. The quantitative estimate of drug-likeness (QED) is 0.867. The molecule has 0 amide bonds. The summed E-state index contributed by atoms with van der Waals surface area (Å²) < 4.78 is 37.9. The summed E-state index contributed by atoms with van der Waals surface area (Å²) in [5, 5.41) is 0. The van der Waals surface area contributed by atoms with Gasteiger partial charge in [0.05, 0.1) is 6.26 Å². The molecule has 0 radical (unpaired) electrons. The van der Waals surface area contributed by atoms with Crippen molar-refractivity contribution in [2.45, 2.75) is 18.8 Å². The van der Waals surface area contributed by atoms with Gasteiger partial charge < -0.3 is 0 Å². The summed E-state index contributed by atoms with van der Waals surface area (Å²) in [6.45, 7) is 1.07. The Morgan fingerprint density at radius 2 is 1.83 bits per heavy atom. The Morgan fingerprint density at radius 1 is 1.13 bits per heavy atom. The lowest BCUT2D eigenvalue weighted by Crippen LogP contribution is -2.38. The fourth-order valence-corrected chi connectivity index (χ4v) is 3.86. The van der Waals surface area contributed by atoms with E-state index in [-0.39, 0.29) is 11.7 Å². The van der Waals surface area contributed by atoms with Crippen LogP contribution < -0.4 is 0 Å². The van der Waals surface area contributed by atoms with Crippen LogP contribution in [0.25, 0.3) is 11.1 Å². The normalized spacial score (nSPS) is 19.7. The van der Waals surface area contributed by atoms with Gasteiger partial charge in [-0.15, -0.1) is 0 Å². The summed E-state index contributed by atoms with van der Waals surface area (Å²) in [4.78, 5) is 4.50. The van der Waals surface area contributed by atoms with Crippen LogP contribution in [0.1, 0.15) is 24.5 Å². The zero-order valence-electron chi connectivity index (χ0n) is 12.9. The van der Waals surface area contributed by atoms with E-state index in [0.29, 0.717) is 13.1 Å². The number of nitrogens with zero attached hydrogens (tertiary/aromatic N) is 2. The Morgan fingerprint density at radius 3 is 2.43 bits per heavy atom. The van der Waals surface area contributed by atoms with Crippen LogP contribution in [0.5, 0.6) is 0 Å². The monoisotopic (exact) mass is 334 g/mol. The second-order valence-corrected chi connectivity index (χ2v) is 7.92. The predicted molar refractivity (Wildman–Crippen MR) is 88.0 cm³/mol. The van der Waals surface area contributed by atoms with E-state index in [1.165, 1.54) is 22.7 Å². The molecular formula is C17H19FN2O2S. The minimum absolute atomic E-state index is 0.126. The van der Waals surface area contributed by atoms with Crippen molar-refractivity contribution in [3.63, 3.8) is 0 Å². The van der Waals surface area contributed by atoms with E-state index in [0.717, 1.165) is 29.7 Å². The second kappa shape index (κ2) is 6.37. The van der Waals surface area contributed by atoms with Gasteiger partial charge in [-0.2, -0.15) is 0 Å². The molecule has 6 heteroatoms. The van der Waals surface area contributed by atoms with Gasteiger partial charge in [0, 0.05) is 36.5 Å². The molecule has 0 aliphatic carbocycles. The summed E-state index contributed by atoms with van der Waals surface area (Å²) in [5.74, 6) is -0.137. The van der Waals surface area contributed by atoms with E-state index in [1.54, 1.807) is 18.3 Å². The highest BCUT2D eigenvalue weighted by atomic mass is 32.2. The maximum atomic E-state index is 13.0. The van der Waals surface area contributed by atoms with Gasteiger partial charge in [0.1, 0.15) is 5.82 Å². The summed E-state index contributed by atoms with van der Waals surface area (Å²) in [5.41, 5.74) is 2.74. The van der Waals surface area contributed by atoms with E-state index >= 15 is 0 Å². The minimum atomic E-state index is -3.15. The van der Waals surface area contributed by atoms with Crippen LogP contribution in [0.15, 0.2) is 42.6 Å². The van der Waals surface area contributed by atoms with Crippen molar-refractivity contribution in [1.82, 2.24) is 9.29 Å². The summed E-state index contributed by atoms with van der Waals surface area (Å²) in [7, 11) is -3.15. The van der Waals surface area contributed by atoms with E-state index in [1.807, 2.05) is 12.1 Å². The van der Waals surface area contributed by atoms with Crippen LogP contribution >= 0.6 is 0 Å². The van der Waals surface area contributed by atoms with Crippen molar-refractivity contribution in [3.05, 3.63) is 54.1 Å². The maximum absolute atomic E-state index is 13.0. The molecule has 3 rings (SSSR count). The third-order valence-corrected chi connectivity index (χ3v) is 5.51. The number of aromatic nitrogens is 1. The van der Waals surface area contributed by atoms with Crippen LogP contribution in [0, 0.1) is 5.82 Å². The molecule has 2 aromatic rings. The Bertz CT molecular complexity index is 773. The molecule has 23 heavy (non-hydrogen) atoms. The lowest BCUT2D eigenvalue weighted by molar-refractivity contribution is 0.314. The number of hydrogen-bond donors (Lipinski definition) is 0. The highest BCUT2D eigenvalue weighted by Gasteiger charge is 2.27. The summed E-state index contributed by atoms with van der Waals surface area (Å²) in [6.07, 6.45) is 4.80. The third-order valence-electron chi connectivity index (χ3n) is 4.24.